The first-order valence-corrected chi connectivity index (χ1v) is 5.09. The van der Waals surface area contributed by atoms with E-state index in [1.165, 1.54) is 24.3 Å². The van der Waals surface area contributed by atoms with Gasteiger partial charge in [0.25, 0.3) is 11.8 Å². The van der Waals surface area contributed by atoms with Crippen LogP contribution in [-0.2, 0) is 9.59 Å². The second-order valence-corrected chi connectivity index (χ2v) is 3.44. The highest BCUT2D eigenvalue weighted by atomic mass is 19.1. The summed E-state index contributed by atoms with van der Waals surface area (Å²) in [6, 6.07) is 5.18. The summed E-state index contributed by atoms with van der Waals surface area (Å²) < 4.78 is 17.6. The Bertz CT molecular complexity index is 420. The van der Waals surface area contributed by atoms with Gasteiger partial charge in [0, 0.05) is 7.05 Å². The maximum absolute atomic E-state index is 12.6. The van der Waals surface area contributed by atoms with Crippen LogP contribution in [0.2, 0.25) is 0 Å². The molecule has 0 fully saturated rings. The standard InChI is InChI=1S/C11H13FN2O4/c1-14(17)11(16)6-13-10(15)7-18-9-4-2-8(12)3-5-9/h2-5,17H,6-7H2,1H3,(H,13,15). The lowest BCUT2D eigenvalue weighted by Gasteiger charge is -2.10. The number of carbonyl (C=O) groups excluding carboxylic acids is 2. The number of benzene rings is 1. The van der Waals surface area contributed by atoms with Gasteiger partial charge in [0.05, 0.1) is 6.54 Å². The Labute approximate surface area is 103 Å². The molecule has 0 saturated heterocycles. The molecule has 0 heterocycles. The molecule has 0 aromatic heterocycles. The summed E-state index contributed by atoms with van der Waals surface area (Å²) in [5.41, 5.74) is 0. The van der Waals surface area contributed by atoms with Crippen LogP contribution in [0, 0.1) is 5.82 Å². The van der Waals surface area contributed by atoms with Gasteiger partial charge in [-0.25, -0.2) is 9.45 Å². The van der Waals surface area contributed by atoms with Gasteiger partial charge < -0.3 is 10.1 Å². The Balaban J connectivity index is 2.29. The van der Waals surface area contributed by atoms with Crippen LogP contribution in [0.1, 0.15) is 0 Å². The van der Waals surface area contributed by atoms with Crippen molar-refractivity contribution in [2.45, 2.75) is 0 Å². The summed E-state index contributed by atoms with van der Waals surface area (Å²) in [7, 11) is 1.16. The van der Waals surface area contributed by atoms with Crippen LogP contribution < -0.4 is 10.1 Å². The van der Waals surface area contributed by atoms with Gasteiger partial charge in [0.2, 0.25) is 0 Å². The quantitative estimate of drug-likeness (QED) is 0.581. The number of nitrogens with one attached hydrogen (secondary N) is 1. The minimum Gasteiger partial charge on any atom is -0.484 e. The molecule has 2 N–H and O–H groups in total. The number of hydrogen-bond donors (Lipinski definition) is 2. The highest BCUT2D eigenvalue weighted by Crippen LogP contribution is 2.10. The number of hydrogen-bond acceptors (Lipinski definition) is 4. The van der Waals surface area contributed by atoms with Crippen molar-refractivity contribution in [2.75, 3.05) is 20.2 Å². The Morgan fingerprint density at radius 2 is 2.00 bits per heavy atom. The Hall–Kier alpha value is -2.15. The van der Waals surface area contributed by atoms with Crippen LogP contribution >= 0.6 is 0 Å². The molecule has 7 heteroatoms. The Morgan fingerprint density at radius 1 is 1.39 bits per heavy atom. The van der Waals surface area contributed by atoms with E-state index in [1.54, 1.807) is 0 Å². The fraction of sp³-hybridized carbons (Fsp3) is 0.273. The third kappa shape index (κ3) is 4.79. The molecule has 0 spiro atoms. The molecule has 0 aliphatic rings. The van der Waals surface area contributed by atoms with E-state index in [1.807, 2.05) is 0 Å². The van der Waals surface area contributed by atoms with Crippen molar-refractivity contribution in [2.24, 2.45) is 0 Å². The molecule has 18 heavy (non-hydrogen) atoms. The van der Waals surface area contributed by atoms with Crippen LogP contribution in [0.3, 0.4) is 0 Å². The van der Waals surface area contributed by atoms with Crippen LogP contribution in [0.15, 0.2) is 24.3 Å². The molecule has 0 aliphatic heterocycles. The summed E-state index contributed by atoms with van der Waals surface area (Å²) in [5, 5.41) is 11.4. The predicted octanol–water partition coefficient (Wildman–Crippen LogP) is 0.168. The molecular weight excluding hydrogens is 243 g/mol. The van der Waals surface area contributed by atoms with Gasteiger partial charge in [-0.05, 0) is 24.3 Å². The highest BCUT2D eigenvalue weighted by Gasteiger charge is 2.08. The average molecular weight is 256 g/mol. The fourth-order valence-corrected chi connectivity index (χ4v) is 1.02. The maximum atomic E-state index is 12.6. The van der Waals surface area contributed by atoms with Crippen molar-refractivity contribution in [3.05, 3.63) is 30.1 Å². The zero-order valence-corrected chi connectivity index (χ0v) is 9.72. The number of likely N-dealkylation sites (N-methyl/N-ethyl adjacent to an activating group) is 1. The lowest BCUT2D eigenvalue weighted by Crippen LogP contribution is -2.38. The number of halogens is 1. The molecular formula is C11H13FN2O4. The van der Waals surface area contributed by atoms with Crippen molar-refractivity contribution >= 4 is 11.8 Å². The number of ether oxygens (including phenoxy) is 1. The smallest absolute Gasteiger partial charge is 0.265 e. The molecule has 0 radical (unpaired) electrons. The van der Waals surface area contributed by atoms with E-state index in [9.17, 15) is 14.0 Å². The second kappa shape index (κ2) is 6.55. The average Bonchev–Trinajstić information content (AvgIpc) is 2.35. The molecule has 0 bridgehead atoms. The lowest BCUT2D eigenvalue weighted by atomic mass is 10.3. The summed E-state index contributed by atoms with van der Waals surface area (Å²) in [4.78, 5) is 22.2. The molecule has 1 aromatic carbocycles. The topological polar surface area (TPSA) is 78.9 Å². The van der Waals surface area contributed by atoms with E-state index in [-0.39, 0.29) is 13.2 Å². The molecule has 1 aromatic rings. The number of hydroxylamine groups is 2. The molecule has 6 nitrogen and oxygen atoms in total. The first kappa shape index (κ1) is 13.9. The summed E-state index contributed by atoms with van der Waals surface area (Å²) in [5.74, 6) is -1.22. The fourth-order valence-electron chi connectivity index (χ4n) is 1.02. The van der Waals surface area contributed by atoms with E-state index in [2.05, 4.69) is 5.32 Å². The van der Waals surface area contributed by atoms with E-state index in [0.717, 1.165) is 7.05 Å². The van der Waals surface area contributed by atoms with E-state index in [4.69, 9.17) is 9.94 Å². The van der Waals surface area contributed by atoms with Gasteiger partial charge in [-0.15, -0.1) is 0 Å². The van der Waals surface area contributed by atoms with Gasteiger partial charge in [0.15, 0.2) is 6.61 Å². The zero-order chi connectivity index (χ0) is 13.5. The van der Waals surface area contributed by atoms with Crippen LogP contribution in [0.5, 0.6) is 5.75 Å². The Morgan fingerprint density at radius 3 is 2.56 bits per heavy atom. The van der Waals surface area contributed by atoms with Gasteiger partial charge in [-0.2, -0.15) is 0 Å². The van der Waals surface area contributed by atoms with Crippen LogP contribution in [-0.4, -0.2) is 42.3 Å². The van der Waals surface area contributed by atoms with Crippen molar-refractivity contribution < 1.29 is 23.9 Å². The summed E-state index contributed by atoms with van der Waals surface area (Å²) >= 11 is 0. The number of nitrogens with zero attached hydrogens (tertiary/aromatic N) is 1. The minimum atomic E-state index is -0.648. The highest BCUT2D eigenvalue weighted by molar-refractivity contribution is 5.84. The molecule has 1 rings (SSSR count). The number of amides is 2. The second-order valence-electron chi connectivity index (χ2n) is 3.44. The van der Waals surface area contributed by atoms with Crippen molar-refractivity contribution in [1.29, 1.82) is 0 Å². The number of carbonyl (C=O) groups is 2. The third-order valence-electron chi connectivity index (χ3n) is 1.98. The predicted molar refractivity (Wildman–Crippen MR) is 59.5 cm³/mol. The van der Waals surface area contributed by atoms with Gasteiger partial charge in [0.1, 0.15) is 11.6 Å². The minimum absolute atomic E-state index is 0.298. The first-order valence-electron chi connectivity index (χ1n) is 5.09. The van der Waals surface area contributed by atoms with E-state index in [0.29, 0.717) is 10.8 Å². The van der Waals surface area contributed by atoms with Crippen LogP contribution in [0.4, 0.5) is 4.39 Å². The maximum Gasteiger partial charge on any atom is 0.265 e. The van der Waals surface area contributed by atoms with Crippen molar-refractivity contribution in [3.8, 4) is 5.75 Å². The largest absolute Gasteiger partial charge is 0.484 e. The molecule has 0 saturated carbocycles. The Kier molecular flexibility index (Phi) is 5.06. The third-order valence-corrected chi connectivity index (χ3v) is 1.98. The SMILES string of the molecule is CN(O)C(=O)CNC(=O)COc1ccc(F)cc1. The normalized spacial score (nSPS) is 9.72. The molecule has 0 aliphatic carbocycles. The van der Waals surface area contributed by atoms with E-state index < -0.39 is 17.6 Å². The lowest BCUT2D eigenvalue weighted by molar-refractivity contribution is -0.158. The van der Waals surface area contributed by atoms with Crippen molar-refractivity contribution in [1.82, 2.24) is 10.4 Å². The molecule has 0 atom stereocenters. The van der Waals surface area contributed by atoms with Gasteiger partial charge in [-0.3, -0.25) is 14.8 Å². The summed E-state index contributed by atoms with van der Waals surface area (Å²) in [6.45, 7) is -0.618. The van der Waals surface area contributed by atoms with Crippen LogP contribution in [0.25, 0.3) is 0 Å². The monoisotopic (exact) mass is 256 g/mol. The molecule has 2 amide bonds. The summed E-state index contributed by atoms with van der Waals surface area (Å²) in [6.07, 6.45) is 0. The number of rotatable bonds is 5. The zero-order valence-electron chi connectivity index (χ0n) is 9.72. The van der Waals surface area contributed by atoms with Gasteiger partial charge in [-0.1, -0.05) is 0 Å². The van der Waals surface area contributed by atoms with E-state index >= 15 is 0 Å². The first-order chi connectivity index (χ1) is 8.49. The van der Waals surface area contributed by atoms with Crippen molar-refractivity contribution in [3.63, 3.8) is 0 Å². The molecule has 0 unspecified atom stereocenters. The molecule has 98 valence electrons. The van der Waals surface area contributed by atoms with Gasteiger partial charge >= 0.3 is 0 Å².